The Morgan fingerprint density at radius 2 is 1.85 bits per heavy atom. The SMILES string of the molecule is Cc1c(/N=N/c2c(C#N)cnn2-c2ncccn2)c(O)n(-c2ccccc2)c(=O)c1C(N)=O. The number of para-hydroxylation sites is 1. The van der Waals surface area contributed by atoms with E-state index < -0.39 is 17.3 Å². The lowest BCUT2D eigenvalue weighted by Gasteiger charge is -2.14. The lowest BCUT2D eigenvalue weighted by atomic mass is 10.1. The van der Waals surface area contributed by atoms with Gasteiger partial charge < -0.3 is 10.8 Å². The minimum Gasteiger partial charge on any atom is -0.493 e. The molecule has 33 heavy (non-hydrogen) atoms. The van der Waals surface area contributed by atoms with E-state index in [-0.39, 0.29) is 34.1 Å². The molecule has 3 heterocycles. The number of carbonyl (C=O) groups excluding carboxylic acids is 1. The maximum absolute atomic E-state index is 12.9. The van der Waals surface area contributed by atoms with Crippen LogP contribution >= 0.6 is 0 Å². The van der Waals surface area contributed by atoms with Crippen molar-refractivity contribution in [3.8, 4) is 23.6 Å². The molecular formula is C21H15N9O3. The Bertz CT molecular complexity index is 1480. The van der Waals surface area contributed by atoms with Gasteiger partial charge in [-0.25, -0.2) is 14.5 Å². The number of primary amides is 1. The second-order valence-electron chi connectivity index (χ2n) is 6.67. The Hall–Kier alpha value is -5.18. The summed E-state index contributed by atoms with van der Waals surface area (Å²) in [6.07, 6.45) is 4.24. The van der Waals surface area contributed by atoms with E-state index in [2.05, 4.69) is 25.3 Å². The van der Waals surface area contributed by atoms with Crippen LogP contribution in [-0.2, 0) is 0 Å². The average molecular weight is 441 g/mol. The first-order chi connectivity index (χ1) is 15.9. The molecule has 0 radical (unpaired) electrons. The molecule has 1 aromatic carbocycles. The summed E-state index contributed by atoms with van der Waals surface area (Å²) in [5.41, 5.74) is 4.48. The molecule has 0 bridgehead atoms. The normalized spacial score (nSPS) is 10.9. The molecule has 162 valence electrons. The van der Waals surface area contributed by atoms with Crippen molar-refractivity contribution in [1.82, 2.24) is 24.3 Å². The third-order valence-corrected chi connectivity index (χ3v) is 4.68. The Morgan fingerprint density at radius 1 is 1.15 bits per heavy atom. The van der Waals surface area contributed by atoms with Crippen molar-refractivity contribution in [2.45, 2.75) is 6.92 Å². The molecule has 0 aliphatic carbocycles. The summed E-state index contributed by atoms with van der Waals surface area (Å²) in [5.74, 6) is -1.42. The highest BCUT2D eigenvalue weighted by molar-refractivity contribution is 5.95. The molecule has 0 aliphatic heterocycles. The maximum atomic E-state index is 12.9. The molecule has 4 rings (SSSR count). The Labute approximate surface area is 185 Å². The van der Waals surface area contributed by atoms with E-state index in [1.165, 1.54) is 30.2 Å². The summed E-state index contributed by atoms with van der Waals surface area (Å²) in [6, 6.07) is 11.7. The number of hydrogen-bond donors (Lipinski definition) is 2. The van der Waals surface area contributed by atoms with Crippen molar-refractivity contribution >= 4 is 17.4 Å². The molecule has 3 aromatic heterocycles. The number of pyridine rings is 1. The molecule has 0 unspecified atom stereocenters. The standard InChI is InChI=1S/C21H15N9O3/c1-12-15(17(23)31)19(32)29(14-6-3-2-4-7-14)20(33)16(12)27-28-18-13(10-22)11-26-30(18)21-24-8-5-9-25-21/h2-9,11,33H,1H3,(H2,23,31)/b28-27+. The van der Waals surface area contributed by atoms with Crippen molar-refractivity contribution in [1.29, 1.82) is 5.26 Å². The number of benzene rings is 1. The Morgan fingerprint density at radius 3 is 2.48 bits per heavy atom. The van der Waals surface area contributed by atoms with Gasteiger partial charge in [-0.15, -0.1) is 10.2 Å². The van der Waals surface area contributed by atoms with Gasteiger partial charge in [-0.3, -0.25) is 9.59 Å². The predicted octanol–water partition coefficient (Wildman–Crippen LogP) is 2.21. The first kappa shape index (κ1) is 21.1. The fraction of sp³-hybridized carbons (Fsp3) is 0.0476. The molecule has 0 atom stereocenters. The van der Waals surface area contributed by atoms with Gasteiger partial charge in [0.15, 0.2) is 11.5 Å². The van der Waals surface area contributed by atoms with Crippen LogP contribution in [0.3, 0.4) is 0 Å². The fourth-order valence-electron chi connectivity index (χ4n) is 3.15. The van der Waals surface area contributed by atoms with Gasteiger partial charge in [0.05, 0.1) is 11.9 Å². The van der Waals surface area contributed by atoms with Gasteiger partial charge in [0.1, 0.15) is 17.2 Å². The molecule has 1 amide bonds. The third-order valence-electron chi connectivity index (χ3n) is 4.68. The van der Waals surface area contributed by atoms with Gasteiger partial charge in [-0.1, -0.05) is 18.2 Å². The molecule has 0 fully saturated rings. The van der Waals surface area contributed by atoms with Crippen molar-refractivity contribution in [2.75, 3.05) is 0 Å². The van der Waals surface area contributed by atoms with E-state index in [0.29, 0.717) is 5.69 Å². The van der Waals surface area contributed by atoms with E-state index in [0.717, 1.165) is 4.57 Å². The highest BCUT2D eigenvalue weighted by atomic mass is 16.3. The summed E-state index contributed by atoms with van der Waals surface area (Å²) >= 11 is 0. The van der Waals surface area contributed by atoms with Gasteiger partial charge in [0, 0.05) is 18.0 Å². The zero-order valence-corrected chi connectivity index (χ0v) is 17.1. The molecule has 12 heteroatoms. The zero-order chi connectivity index (χ0) is 23.5. The average Bonchev–Trinajstić information content (AvgIpc) is 3.23. The Kier molecular flexibility index (Phi) is 5.44. The summed E-state index contributed by atoms with van der Waals surface area (Å²) in [6.45, 7) is 1.41. The first-order valence-electron chi connectivity index (χ1n) is 9.45. The van der Waals surface area contributed by atoms with E-state index >= 15 is 0 Å². The molecule has 0 aliphatic rings. The minimum atomic E-state index is -0.987. The zero-order valence-electron chi connectivity index (χ0n) is 17.1. The van der Waals surface area contributed by atoms with Gasteiger partial charge in [-0.05, 0) is 25.1 Å². The smallest absolute Gasteiger partial charge is 0.271 e. The van der Waals surface area contributed by atoms with Gasteiger partial charge in [0.25, 0.3) is 17.4 Å². The second-order valence-corrected chi connectivity index (χ2v) is 6.67. The largest absolute Gasteiger partial charge is 0.493 e. The van der Waals surface area contributed by atoms with Crippen molar-refractivity contribution in [3.05, 3.63) is 82.0 Å². The van der Waals surface area contributed by atoms with Crippen LogP contribution in [0.15, 0.2) is 70.0 Å². The topological polar surface area (TPSA) is 177 Å². The molecule has 0 spiro atoms. The van der Waals surface area contributed by atoms with Crippen LogP contribution in [0.4, 0.5) is 11.5 Å². The number of nitrogens with two attached hydrogens (primary N) is 1. The minimum absolute atomic E-state index is 0.0133. The van der Waals surface area contributed by atoms with E-state index in [1.807, 2.05) is 6.07 Å². The summed E-state index contributed by atoms with van der Waals surface area (Å²) in [7, 11) is 0. The van der Waals surface area contributed by atoms with Crippen LogP contribution in [0.1, 0.15) is 21.5 Å². The molecule has 12 nitrogen and oxygen atoms in total. The van der Waals surface area contributed by atoms with Crippen LogP contribution in [0.2, 0.25) is 0 Å². The van der Waals surface area contributed by atoms with E-state index in [4.69, 9.17) is 5.73 Å². The first-order valence-corrected chi connectivity index (χ1v) is 9.45. The maximum Gasteiger partial charge on any atom is 0.271 e. The molecule has 3 N–H and O–H groups in total. The number of aromatic hydroxyl groups is 1. The lowest BCUT2D eigenvalue weighted by molar-refractivity contribution is 0.0998. The van der Waals surface area contributed by atoms with Gasteiger partial charge >= 0.3 is 0 Å². The quantitative estimate of drug-likeness (QED) is 0.446. The number of amides is 1. The summed E-state index contributed by atoms with van der Waals surface area (Å²) in [5, 5.41) is 32.5. The summed E-state index contributed by atoms with van der Waals surface area (Å²) < 4.78 is 2.10. The molecule has 4 aromatic rings. The number of carbonyl (C=O) groups is 1. The number of hydrogen-bond acceptors (Lipinski definition) is 9. The second kappa shape index (κ2) is 8.52. The van der Waals surface area contributed by atoms with Crippen LogP contribution in [0.25, 0.3) is 11.6 Å². The molecule has 0 saturated heterocycles. The third kappa shape index (κ3) is 3.70. The van der Waals surface area contributed by atoms with Gasteiger partial charge in [0.2, 0.25) is 5.88 Å². The lowest BCUT2D eigenvalue weighted by Crippen LogP contribution is -2.30. The monoisotopic (exact) mass is 441 g/mol. The highest BCUT2D eigenvalue weighted by Crippen LogP contribution is 2.34. The van der Waals surface area contributed by atoms with Crippen LogP contribution in [-0.4, -0.2) is 35.3 Å². The van der Waals surface area contributed by atoms with Gasteiger partial charge in [-0.2, -0.15) is 15.0 Å². The summed E-state index contributed by atoms with van der Waals surface area (Å²) in [4.78, 5) is 33.1. The highest BCUT2D eigenvalue weighted by Gasteiger charge is 2.24. The van der Waals surface area contributed by atoms with E-state index in [9.17, 15) is 20.0 Å². The number of aromatic nitrogens is 5. The number of rotatable bonds is 5. The number of nitriles is 1. The molecule has 0 saturated carbocycles. The van der Waals surface area contributed by atoms with Crippen LogP contribution < -0.4 is 11.3 Å². The predicted molar refractivity (Wildman–Crippen MR) is 115 cm³/mol. The molecular weight excluding hydrogens is 426 g/mol. The number of azo groups is 1. The van der Waals surface area contributed by atoms with Crippen LogP contribution in [0.5, 0.6) is 5.88 Å². The van der Waals surface area contributed by atoms with Crippen molar-refractivity contribution < 1.29 is 9.90 Å². The Balaban J connectivity index is 1.94. The number of nitrogens with zero attached hydrogens (tertiary/aromatic N) is 8. The van der Waals surface area contributed by atoms with Crippen molar-refractivity contribution in [3.63, 3.8) is 0 Å². The van der Waals surface area contributed by atoms with E-state index in [1.54, 1.807) is 36.4 Å². The van der Waals surface area contributed by atoms with Crippen molar-refractivity contribution in [2.24, 2.45) is 16.0 Å². The fourth-order valence-corrected chi connectivity index (χ4v) is 3.15. The van der Waals surface area contributed by atoms with Crippen LogP contribution in [0, 0.1) is 18.3 Å².